The molecule has 0 radical (unpaired) electrons. The average Bonchev–Trinajstić information content (AvgIpc) is 3.00. The Bertz CT molecular complexity index is 897. The van der Waals surface area contributed by atoms with E-state index in [1.807, 2.05) is 55.5 Å². The van der Waals surface area contributed by atoms with E-state index in [-0.39, 0.29) is 12.3 Å². The number of anilines is 1. The normalized spacial score (nSPS) is 11.9. The first kappa shape index (κ1) is 16.8. The number of hydrogen-bond acceptors (Lipinski definition) is 3. The van der Waals surface area contributed by atoms with Gasteiger partial charge in [-0.1, -0.05) is 35.9 Å². The summed E-state index contributed by atoms with van der Waals surface area (Å²) in [7, 11) is 0. The summed E-state index contributed by atoms with van der Waals surface area (Å²) in [6.45, 7) is 3.54. The molecule has 1 atom stereocenters. The highest BCUT2D eigenvalue weighted by Crippen LogP contribution is 2.18. The van der Waals surface area contributed by atoms with Gasteiger partial charge in [-0.2, -0.15) is 0 Å². The summed E-state index contributed by atoms with van der Waals surface area (Å²) in [6.07, 6.45) is 1.05. The molecule has 2 N–H and O–H groups in total. The molecule has 0 aliphatic rings. The highest BCUT2D eigenvalue weighted by molar-refractivity contribution is 5.95. The van der Waals surface area contributed by atoms with Gasteiger partial charge < -0.3 is 15.0 Å². The van der Waals surface area contributed by atoms with E-state index in [0.717, 1.165) is 22.0 Å². The second-order valence-electron chi connectivity index (χ2n) is 6.02. The summed E-state index contributed by atoms with van der Waals surface area (Å²) >= 11 is 0. The summed E-state index contributed by atoms with van der Waals surface area (Å²) in [5.74, 6) is -0.785. The minimum Gasteiger partial charge on any atom is -0.452 e. The Balaban J connectivity index is 1.58. The van der Waals surface area contributed by atoms with Gasteiger partial charge in [0.2, 0.25) is 0 Å². The minimum absolute atomic E-state index is 0.117. The van der Waals surface area contributed by atoms with Gasteiger partial charge in [0.1, 0.15) is 0 Å². The number of aromatic nitrogens is 1. The maximum Gasteiger partial charge on any atom is 0.311 e. The molecule has 0 bridgehead atoms. The van der Waals surface area contributed by atoms with Crippen LogP contribution in [0.25, 0.3) is 10.9 Å². The van der Waals surface area contributed by atoms with Crippen molar-refractivity contribution in [3.05, 3.63) is 65.9 Å². The fourth-order valence-electron chi connectivity index (χ4n) is 2.61. The van der Waals surface area contributed by atoms with Gasteiger partial charge in [0.25, 0.3) is 5.91 Å². The summed E-state index contributed by atoms with van der Waals surface area (Å²) in [5, 5.41) is 3.72. The molecule has 2 aromatic carbocycles. The number of amides is 1. The number of carbonyl (C=O) groups is 2. The third kappa shape index (κ3) is 4.07. The van der Waals surface area contributed by atoms with Crippen LogP contribution in [0.2, 0.25) is 0 Å². The lowest BCUT2D eigenvalue weighted by atomic mass is 10.1. The molecule has 128 valence electrons. The van der Waals surface area contributed by atoms with E-state index < -0.39 is 12.1 Å². The highest BCUT2D eigenvalue weighted by atomic mass is 16.5. The Labute approximate surface area is 146 Å². The first-order chi connectivity index (χ1) is 12.0. The van der Waals surface area contributed by atoms with Crippen LogP contribution < -0.4 is 5.32 Å². The predicted octanol–water partition coefficient (Wildman–Crippen LogP) is 3.59. The number of hydrogen-bond donors (Lipinski definition) is 2. The van der Waals surface area contributed by atoms with Crippen molar-refractivity contribution < 1.29 is 14.3 Å². The zero-order valence-corrected chi connectivity index (χ0v) is 14.2. The van der Waals surface area contributed by atoms with Crippen LogP contribution in [0, 0.1) is 6.92 Å². The fourth-order valence-corrected chi connectivity index (χ4v) is 2.61. The van der Waals surface area contributed by atoms with Gasteiger partial charge in [-0.05, 0) is 37.6 Å². The maximum absolute atomic E-state index is 12.2. The number of aromatic amines is 1. The molecule has 0 saturated carbocycles. The van der Waals surface area contributed by atoms with Gasteiger partial charge >= 0.3 is 5.97 Å². The molecule has 1 aromatic heterocycles. The van der Waals surface area contributed by atoms with Gasteiger partial charge in [-0.3, -0.25) is 9.59 Å². The van der Waals surface area contributed by atoms with Crippen molar-refractivity contribution in [1.29, 1.82) is 0 Å². The molecular formula is C20H20N2O3. The van der Waals surface area contributed by atoms with Crippen LogP contribution >= 0.6 is 0 Å². The van der Waals surface area contributed by atoms with Crippen molar-refractivity contribution in [1.82, 2.24) is 4.98 Å². The number of para-hydroxylation sites is 1. The number of nitrogens with one attached hydrogen (secondary N) is 2. The lowest BCUT2D eigenvalue weighted by molar-refractivity contribution is -0.152. The lowest BCUT2D eigenvalue weighted by Crippen LogP contribution is -2.30. The Morgan fingerprint density at radius 2 is 1.84 bits per heavy atom. The van der Waals surface area contributed by atoms with E-state index in [0.29, 0.717) is 5.69 Å². The van der Waals surface area contributed by atoms with Crippen molar-refractivity contribution >= 4 is 28.5 Å². The molecule has 3 aromatic rings. The summed E-state index contributed by atoms with van der Waals surface area (Å²) in [5.41, 5.74) is 3.61. The van der Waals surface area contributed by atoms with E-state index in [4.69, 9.17) is 4.74 Å². The van der Waals surface area contributed by atoms with Crippen molar-refractivity contribution in [2.45, 2.75) is 26.4 Å². The summed E-state index contributed by atoms with van der Waals surface area (Å²) in [4.78, 5) is 27.4. The molecule has 1 amide bonds. The second-order valence-corrected chi connectivity index (χ2v) is 6.02. The molecule has 0 fully saturated rings. The molecule has 5 nitrogen and oxygen atoms in total. The maximum atomic E-state index is 12.2. The first-order valence-corrected chi connectivity index (χ1v) is 8.15. The molecule has 1 heterocycles. The van der Waals surface area contributed by atoms with Crippen LogP contribution in [-0.2, 0) is 20.7 Å². The largest absolute Gasteiger partial charge is 0.452 e. The van der Waals surface area contributed by atoms with E-state index >= 15 is 0 Å². The second kappa shape index (κ2) is 7.21. The van der Waals surface area contributed by atoms with Crippen molar-refractivity contribution in [2.24, 2.45) is 0 Å². The molecule has 0 aliphatic carbocycles. The molecule has 3 rings (SSSR count). The Hall–Kier alpha value is -3.08. The van der Waals surface area contributed by atoms with Gasteiger partial charge in [0.05, 0.1) is 6.42 Å². The van der Waals surface area contributed by atoms with E-state index in [9.17, 15) is 9.59 Å². The van der Waals surface area contributed by atoms with Crippen molar-refractivity contribution in [3.8, 4) is 0 Å². The van der Waals surface area contributed by atoms with Gasteiger partial charge in [0.15, 0.2) is 6.10 Å². The number of esters is 1. The Morgan fingerprint density at radius 1 is 1.12 bits per heavy atom. The molecule has 0 aliphatic heterocycles. The molecule has 0 spiro atoms. The van der Waals surface area contributed by atoms with Crippen molar-refractivity contribution in [3.63, 3.8) is 0 Å². The molecule has 5 heteroatoms. The van der Waals surface area contributed by atoms with Crippen LogP contribution in [0.3, 0.4) is 0 Å². The smallest absolute Gasteiger partial charge is 0.311 e. The highest BCUT2D eigenvalue weighted by Gasteiger charge is 2.19. The van der Waals surface area contributed by atoms with Gasteiger partial charge in [-0.15, -0.1) is 0 Å². The zero-order chi connectivity index (χ0) is 17.8. The molecular weight excluding hydrogens is 316 g/mol. The average molecular weight is 336 g/mol. The number of H-pyrrole nitrogens is 1. The number of aryl methyl sites for hydroxylation is 1. The topological polar surface area (TPSA) is 71.2 Å². The fraction of sp³-hybridized carbons (Fsp3) is 0.200. The molecule has 0 saturated heterocycles. The predicted molar refractivity (Wildman–Crippen MR) is 97.4 cm³/mol. The van der Waals surface area contributed by atoms with Gasteiger partial charge in [-0.25, -0.2) is 0 Å². The third-order valence-corrected chi connectivity index (χ3v) is 4.01. The number of ether oxygens (including phenoxy) is 1. The van der Waals surface area contributed by atoms with Crippen LogP contribution in [-0.4, -0.2) is 23.0 Å². The standard InChI is InChI=1S/C20H20N2O3/c1-13-7-9-16(10-8-13)22-20(24)14(2)25-19(23)11-15-12-21-18-6-4-3-5-17(15)18/h3-10,12,14,21H,11H2,1-2H3,(H,22,24)/t14-/m1/s1. The number of benzene rings is 2. The summed E-state index contributed by atoms with van der Waals surface area (Å²) in [6, 6.07) is 15.2. The van der Waals surface area contributed by atoms with E-state index in [1.54, 1.807) is 13.1 Å². The zero-order valence-electron chi connectivity index (χ0n) is 14.2. The monoisotopic (exact) mass is 336 g/mol. The summed E-state index contributed by atoms with van der Waals surface area (Å²) < 4.78 is 5.27. The van der Waals surface area contributed by atoms with Crippen LogP contribution in [0.4, 0.5) is 5.69 Å². The number of rotatable bonds is 5. The van der Waals surface area contributed by atoms with Crippen molar-refractivity contribution in [2.75, 3.05) is 5.32 Å². The first-order valence-electron chi connectivity index (χ1n) is 8.15. The van der Waals surface area contributed by atoms with E-state index in [1.165, 1.54) is 0 Å². The lowest BCUT2D eigenvalue weighted by Gasteiger charge is -2.13. The van der Waals surface area contributed by atoms with E-state index in [2.05, 4.69) is 10.3 Å². The number of fused-ring (bicyclic) bond motifs is 1. The third-order valence-electron chi connectivity index (χ3n) is 4.01. The minimum atomic E-state index is -0.862. The van der Waals surface area contributed by atoms with Gasteiger partial charge in [0, 0.05) is 22.8 Å². The SMILES string of the molecule is Cc1ccc(NC(=O)[C@@H](C)OC(=O)Cc2c[nH]c3ccccc23)cc1. The quantitative estimate of drug-likeness (QED) is 0.700. The molecule has 0 unspecified atom stereocenters. The van der Waals surface area contributed by atoms with Crippen LogP contribution in [0.1, 0.15) is 18.1 Å². The van der Waals surface area contributed by atoms with Crippen LogP contribution in [0.5, 0.6) is 0 Å². The number of carbonyl (C=O) groups excluding carboxylic acids is 2. The molecule has 25 heavy (non-hydrogen) atoms. The Morgan fingerprint density at radius 3 is 2.60 bits per heavy atom. The Kier molecular flexibility index (Phi) is 4.84. The van der Waals surface area contributed by atoms with Crippen LogP contribution in [0.15, 0.2) is 54.7 Å².